The fourth-order valence-corrected chi connectivity index (χ4v) is 4.02. The summed E-state index contributed by atoms with van der Waals surface area (Å²) in [6, 6.07) is 6.77. The van der Waals surface area contributed by atoms with E-state index in [-0.39, 0.29) is 41.3 Å². The largest absolute Gasteiger partial charge is 0.295 e. The normalized spacial score (nSPS) is 32.9. The van der Waals surface area contributed by atoms with E-state index in [4.69, 9.17) is 0 Å². The number of carbonyl (C=O) groups excluding carboxylic acids is 3. The minimum absolute atomic E-state index is 0.0714. The molecule has 1 saturated carbocycles. The maximum absolute atomic E-state index is 12.7. The van der Waals surface area contributed by atoms with Gasteiger partial charge in [-0.3, -0.25) is 14.4 Å². The van der Waals surface area contributed by atoms with E-state index in [1.54, 1.807) is 24.3 Å². The van der Waals surface area contributed by atoms with E-state index in [9.17, 15) is 14.4 Å². The molecule has 0 unspecified atom stereocenters. The van der Waals surface area contributed by atoms with Crippen molar-refractivity contribution < 1.29 is 14.4 Å². The van der Waals surface area contributed by atoms with E-state index in [2.05, 4.69) is 12.2 Å². The van der Waals surface area contributed by atoms with Crippen LogP contribution in [0.15, 0.2) is 36.4 Å². The van der Waals surface area contributed by atoms with Crippen LogP contribution in [0.3, 0.4) is 0 Å². The number of imide groups is 1. The van der Waals surface area contributed by atoms with Gasteiger partial charge >= 0.3 is 0 Å². The van der Waals surface area contributed by atoms with Crippen LogP contribution >= 0.6 is 0 Å². The summed E-state index contributed by atoms with van der Waals surface area (Å²) in [6.07, 6.45) is 5.08. The van der Waals surface area contributed by atoms with Gasteiger partial charge in [0.2, 0.25) is 11.8 Å². The smallest absolute Gasteiger partial charge is 0.238 e. The summed E-state index contributed by atoms with van der Waals surface area (Å²) in [6.45, 7) is 1.48. The molecule has 2 fully saturated rings. The zero-order chi connectivity index (χ0) is 14.7. The van der Waals surface area contributed by atoms with Crippen LogP contribution in [0.4, 0.5) is 5.69 Å². The van der Waals surface area contributed by atoms with Crippen molar-refractivity contribution in [3.05, 3.63) is 42.0 Å². The summed E-state index contributed by atoms with van der Waals surface area (Å²) in [5.74, 6) is -0.278. The van der Waals surface area contributed by atoms with Gasteiger partial charge in [0.25, 0.3) is 0 Å². The summed E-state index contributed by atoms with van der Waals surface area (Å²) < 4.78 is 0. The SMILES string of the molecule is CC(=O)c1cccc(N2C(=O)[C@@H]3[C@@H](C2=O)[C@@H]2C=C[C@@H]3C2)c1. The highest BCUT2D eigenvalue weighted by Crippen LogP contribution is 2.53. The molecule has 3 aliphatic rings. The Hall–Kier alpha value is -2.23. The number of hydrogen-bond donors (Lipinski definition) is 0. The second-order valence-electron chi connectivity index (χ2n) is 6.12. The van der Waals surface area contributed by atoms with E-state index in [1.807, 2.05) is 0 Å². The molecule has 4 atom stereocenters. The number of carbonyl (C=O) groups is 3. The monoisotopic (exact) mass is 281 g/mol. The zero-order valence-corrected chi connectivity index (χ0v) is 11.7. The number of hydrogen-bond acceptors (Lipinski definition) is 3. The van der Waals surface area contributed by atoms with Gasteiger partial charge in [-0.15, -0.1) is 0 Å². The highest BCUT2D eigenvalue weighted by atomic mass is 16.2. The average molecular weight is 281 g/mol. The van der Waals surface area contributed by atoms with Gasteiger partial charge in [-0.05, 0) is 37.3 Å². The third-order valence-corrected chi connectivity index (χ3v) is 4.98. The number of anilines is 1. The molecule has 0 aromatic heterocycles. The first-order chi connectivity index (χ1) is 10.1. The lowest BCUT2D eigenvalue weighted by atomic mass is 9.85. The van der Waals surface area contributed by atoms with Gasteiger partial charge in [0, 0.05) is 5.56 Å². The Morgan fingerprint density at radius 3 is 2.29 bits per heavy atom. The zero-order valence-electron chi connectivity index (χ0n) is 11.7. The van der Waals surface area contributed by atoms with Crippen molar-refractivity contribution in [3.63, 3.8) is 0 Å². The van der Waals surface area contributed by atoms with E-state index < -0.39 is 0 Å². The third-order valence-electron chi connectivity index (χ3n) is 4.98. The van der Waals surface area contributed by atoms with Crippen molar-refractivity contribution in [2.75, 3.05) is 4.90 Å². The molecule has 2 aliphatic carbocycles. The fourth-order valence-electron chi connectivity index (χ4n) is 4.02. The number of benzene rings is 1. The number of rotatable bonds is 2. The van der Waals surface area contributed by atoms with Crippen LogP contribution in [0.2, 0.25) is 0 Å². The molecule has 4 nitrogen and oxygen atoms in total. The van der Waals surface area contributed by atoms with E-state index >= 15 is 0 Å². The lowest BCUT2D eigenvalue weighted by molar-refractivity contribution is -0.123. The molecule has 1 saturated heterocycles. The highest BCUT2D eigenvalue weighted by Gasteiger charge is 2.59. The molecule has 1 heterocycles. The van der Waals surface area contributed by atoms with Crippen LogP contribution in [0.25, 0.3) is 0 Å². The van der Waals surface area contributed by atoms with Gasteiger partial charge in [-0.1, -0.05) is 24.3 Å². The standard InChI is InChI=1S/C17H15NO3/c1-9(19)10-3-2-4-13(8-10)18-16(20)14-11-5-6-12(7-11)15(14)17(18)21/h2-6,8,11-12,14-15H,7H2,1H3/t11-,12-,14+,15+/m1/s1. The molecule has 2 amide bonds. The molecule has 106 valence electrons. The number of allylic oxidation sites excluding steroid dienone is 2. The second kappa shape index (κ2) is 4.13. The first kappa shape index (κ1) is 12.5. The predicted octanol–water partition coefficient (Wildman–Crippen LogP) is 2.20. The Balaban J connectivity index is 1.74. The van der Waals surface area contributed by atoms with E-state index in [0.29, 0.717) is 11.3 Å². The van der Waals surface area contributed by atoms with Gasteiger partial charge in [-0.25, -0.2) is 4.90 Å². The Labute approximate surface area is 122 Å². The molecular formula is C17H15NO3. The van der Waals surface area contributed by atoms with E-state index in [0.717, 1.165) is 6.42 Å². The summed E-state index contributed by atoms with van der Waals surface area (Å²) in [4.78, 5) is 38.1. The van der Waals surface area contributed by atoms with Crippen LogP contribution in [-0.4, -0.2) is 17.6 Å². The van der Waals surface area contributed by atoms with E-state index in [1.165, 1.54) is 11.8 Å². The lowest BCUT2D eigenvalue weighted by Gasteiger charge is -2.17. The Kier molecular flexibility index (Phi) is 2.46. The molecule has 2 bridgehead atoms. The molecule has 21 heavy (non-hydrogen) atoms. The van der Waals surface area contributed by atoms with Crippen LogP contribution < -0.4 is 4.90 Å². The topological polar surface area (TPSA) is 54.5 Å². The van der Waals surface area contributed by atoms with Crippen molar-refractivity contribution in [2.45, 2.75) is 13.3 Å². The quantitative estimate of drug-likeness (QED) is 0.474. The van der Waals surface area contributed by atoms with Crippen molar-refractivity contribution >= 4 is 23.3 Å². The first-order valence-corrected chi connectivity index (χ1v) is 7.25. The molecule has 1 aromatic carbocycles. The van der Waals surface area contributed by atoms with Gasteiger partial charge < -0.3 is 0 Å². The Morgan fingerprint density at radius 2 is 1.71 bits per heavy atom. The van der Waals surface area contributed by atoms with Crippen LogP contribution in [0.1, 0.15) is 23.7 Å². The number of Topliss-reactive ketones (excluding diaryl/α,β-unsaturated/α-hetero) is 1. The Morgan fingerprint density at radius 1 is 1.10 bits per heavy atom. The molecule has 0 N–H and O–H groups in total. The van der Waals surface area contributed by atoms with Crippen molar-refractivity contribution in [1.29, 1.82) is 0 Å². The molecule has 0 radical (unpaired) electrons. The molecule has 0 spiro atoms. The maximum atomic E-state index is 12.7. The first-order valence-electron chi connectivity index (χ1n) is 7.25. The number of nitrogens with zero attached hydrogens (tertiary/aromatic N) is 1. The van der Waals surface area contributed by atoms with Crippen LogP contribution in [0.5, 0.6) is 0 Å². The minimum Gasteiger partial charge on any atom is -0.295 e. The molecule has 1 aliphatic heterocycles. The molecule has 4 heteroatoms. The maximum Gasteiger partial charge on any atom is 0.238 e. The van der Waals surface area contributed by atoms with Gasteiger partial charge in [0.05, 0.1) is 17.5 Å². The summed E-state index contributed by atoms with van der Waals surface area (Å²) >= 11 is 0. The number of fused-ring (bicyclic) bond motifs is 5. The van der Waals surface area contributed by atoms with Crippen molar-refractivity contribution in [2.24, 2.45) is 23.7 Å². The molecule has 1 aromatic rings. The Bertz CT molecular complexity index is 676. The van der Waals surface area contributed by atoms with Crippen molar-refractivity contribution in [1.82, 2.24) is 0 Å². The van der Waals surface area contributed by atoms with Gasteiger partial charge in [0.1, 0.15) is 0 Å². The predicted molar refractivity (Wildman–Crippen MR) is 76.7 cm³/mol. The average Bonchev–Trinajstić information content (AvgIpc) is 3.13. The number of amides is 2. The van der Waals surface area contributed by atoms with Crippen LogP contribution in [-0.2, 0) is 9.59 Å². The summed E-state index contributed by atoms with van der Waals surface area (Å²) in [7, 11) is 0. The van der Waals surface area contributed by atoms with Gasteiger partial charge in [-0.2, -0.15) is 0 Å². The lowest BCUT2D eigenvalue weighted by Crippen LogP contribution is -2.32. The second-order valence-corrected chi connectivity index (χ2v) is 6.12. The summed E-state index contributed by atoms with van der Waals surface area (Å²) in [5.41, 5.74) is 1.04. The molecular weight excluding hydrogens is 266 g/mol. The highest BCUT2D eigenvalue weighted by molar-refractivity contribution is 6.23. The molecule has 4 rings (SSSR count). The summed E-state index contributed by atoms with van der Waals surface area (Å²) in [5, 5.41) is 0. The number of ketones is 1. The van der Waals surface area contributed by atoms with Crippen LogP contribution in [0, 0.1) is 23.7 Å². The van der Waals surface area contributed by atoms with Crippen molar-refractivity contribution in [3.8, 4) is 0 Å². The van der Waals surface area contributed by atoms with Gasteiger partial charge in [0.15, 0.2) is 5.78 Å². The fraction of sp³-hybridized carbons (Fsp3) is 0.353. The minimum atomic E-state index is -0.200. The third kappa shape index (κ3) is 1.59.